The summed E-state index contributed by atoms with van der Waals surface area (Å²) in [7, 11) is -1.60. The van der Waals surface area contributed by atoms with Gasteiger partial charge in [0, 0.05) is 5.92 Å². The van der Waals surface area contributed by atoms with Gasteiger partial charge in [-0.3, -0.25) is 4.79 Å². The molecule has 0 aromatic heterocycles. The Morgan fingerprint density at radius 2 is 1.47 bits per heavy atom. The normalized spacial score (nSPS) is 21.7. The van der Waals surface area contributed by atoms with Gasteiger partial charge in [-0.1, -0.05) is 93.8 Å². The number of carbonyl (C=O) groups excluding carboxylic acids is 1. The number of ketones is 1. The fourth-order valence-corrected chi connectivity index (χ4v) is 7.48. The Bertz CT molecular complexity index is 865. The van der Waals surface area contributed by atoms with Crippen LogP contribution in [0.15, 0.2) is 60.7 Å². The SMILES string of the molecule is CC[Si](C#C[C@@]1(Cc2ccccc2)CCC[C@H](Cc2ccccc2)C1=O)(CC)CC. The second kappa shape index (κ2) is 10.3. The lowest BCUT2D eigenvalue weighted by Gasteiger charge is -2.37. The van der Waals surface area contributed by atoms with Crippen LogP contribution in [0.1, 0.15) is 51.2 Å². The third-order valence-electron chi connectivity index (χ3n) is 7.27. The zero-order chi connectivity index (χ0) is 21.5. The molecule has 0 amide bonds. The predicted octanol–water partition coefficient (Wildman–Crippen LogP) is 6.88. The molecule has 0 unspecified atom stereocenters. The molecular weight excluding hydrogens is 380 g/mol. The second-order valence-electron chi connectivity index (χ2n) is 8.98. The summed E-state index contributed by atoms with van der Waals surface area (Å²) in [5, 5.41) is 0. The largest absolute Gasteiger partial charge is 0.298 e. The van der Waals surface area contributed by atoms with Gasteiger partial charge in [0.1, 0.15) is 8.07 Å². The van der Waals surface area contributed by atoms with Crippen LogP contribution in [-0.2, 0) is 17.6 Å². The number of Topliss-reactive ketones (excluding diaryl/α,β-unsaturated/α-hetero) is 1. The molecule has 0 radical (unpaired) electrons. The van der Waals surface area contributed by atoms with Crippen molar-refractivity contribution in [2.24, 2.45) is 11.3 Å². The van der Waals surface area contributed by atoms with Crippen molar-refractivity contribution in [3.63, 3.8) is 0 Å². The number of hydrogen-bond donors (Lipinski definition) is 0. The standard InChI is InChI=1S/C28H36OSi/c1-4-30(5-2,6-3)21-20-28(23-25-16-11-8-12-17-25)19-13-18-26(27(28)29)22-24-14-9-7-10-15-24/h7-12,14-17,26H,4-6,13,18-19,22-23H2,1-3H3/t26-,28-/m1/s1. The molecule has 0 aliphatic heterocycles. The van der Waals surface area contributed by atoms with Gasteiger partial charge in [0.05, 0.1) is 5.41 Å². The molecule has 30 heavy (non-hydrogen) atoms. The van der Waals surface area contributed by atoms with Gasteiger partial charge in [-0.05, 0) is 54.9 Å². The van der Waals surface area contributed by atoms with E-state index in [1.165, 1.54) is 29.3 Å². The molecule has 1 fully saturated rings. The minimum Gasteiger partial charge on any atom is -0.298 e. The van der Waals surface area contributed by atoms with Gasteiger partial charge in [-0.25, -0.2) is 0 Å². The summed E-state index contributed by atoms with van der Waals surface area (Å²) < 4.78 is 0. The zero-order valence-electron chi connectivity index (χ0n) is 18.9. The fraction of sp³-hybridized carbons (Fsp3) is 0.464. The molecule has 2 aromatic carbocycles. The summed E-state index contributed by atoms with van der Waals surface area (Å²) in [6, 6.07) is 24.5. The van der Waals surface area contributed by atoms with Crippen molar-refractivity contribution in [3.05, 3.63) is 71.8 Å². The molecular formula is C28H36OSi. The van der Waals surface area contributed by atoms with E-state index in [9.17, 15) is 4.79 Å². The Labute approximate surface area is 184 Å². The summed E-state index contributed by atoms with van der Waals surface area (Å²) in [5.41, 5.74) is 5.78. The minimum atomic E-state index is -1.60. The Kier molecular flexibility index (Phi) is 7.73. The maximum Gasteiger partial charge on any atom is 0.154 e. The van der Waals surface area contributed by atoms with Crippen LogP contribution in [0, 0.1) is 22.8 Å². The number of carbonyl (C=O) groups is 1. The molecule has 0 N–H and O–H groups in total. The summed E-state index contributed by atoms with van der Waals surface area (Å²) in [5.74, 6) is 4.18. The summed E-state index contributed by atoms with van der Waals surface area (Å²) in [4.78, 5) is 14.0. The summed E-state index contributed by atoms with van der Waals surface area (Å²) >= 11 is 0. The van der Waals surface area contributed by atoms with E-state index < -0.39 is 13.5 Å². The van der Waals surface area contributed by atoms with E-state index in [2.05, 4.69) is 80.8 Å². The molecule has 1 aliphatic rings. The van der Waals surface area contributed by atoms with Gasteiger partial charge in [-0.15, -0.1) is 5.54 Å². The molecule has 3 rings (SSSR count). The average molecular weight is 417 g/mol. The maximum atomic E-state index is 14.0. The fourth-order valence-electron chi connectivity index (χ4n) is 4.94. The Hall–Kier alpha value is -2.11. The van der Waals surface area contributed by atoms with Crippen LogP contribution in [0.25, 0.3) is 0 Å². The van der Waals surface area contributed by atoms with Gasteiger partial charge in [0.25, 0.3) is 0 Å². The predicted molar refractivity (Wildman–Crippen MR) is 130 cm³/mol. The van der Waals surface area contributed by atoms with Crippen LogP contribution in [0.3, 0.4) is 0 Å². The van der Waals surface area contributed by atoms with Gasteiger partial charge < -0.3 is 0 Å². The first-order valence-corrected chi connectivity index (χ1v) is 14.3. The van der Waals surface area contributed by atoms with Gasteiger partial charge >= 0.3 is 0 Å². The molecule has 0 saturated heterocycles. The molecule has 1 saturated carbocycles. The minimum absolute atomic E-state index is 0.0834. The third-order valence-corrected chi connectivity index (χ3v) is 12.0. The van der Waals surface area contributed by atoms with E-state index in [0.29, 0.717) is 5.78 Å². The van der Waals surface area contributed by atoms with Crippen LogP contribution in [-0.4, -0.2) is 13.9 Å². The molecule has 0 bridgehead atoms. The first-order chi connectivity index (χ1) is 14.6. The van der Waals surface area contributed by atoms with Crippen molar-refractivity contribution in [1.29, 1.82) is 0 Å². The highest BCUT2D eigenvalue weighted by Crippen LogP contribution is 2.40. The van der Waals surface area contributed by atoms with Crippen molar-refractivity contribution in [2.45, 2.75) is 71.0 Å². The first-order valence-electron chi connectivity index (χ1n) is 11.7. The van der Waals surface area contributed by atoms with Crippen LogP contribution in [0.4, 0.5) is 0 Å². The quantitative estimate of drug-likeness (QED) is 0.355. The van der Waals surface area contributed by atoms with Crippen molar-refractivity contribution in [2.75, 3.05) is 0 Å². The summed E-state index contributed by atoms with van der Waals surface area (Å²) in [6.45, 7) is 6.87. The van der Waals surface area contributed by atoms with Crippen LogP contribution in [0.2, 0.25) is 18.1 Å². The van der Waals surface area contributed by atoms with Crippen molar-refractivity contribution in [3.8, 4) is 11.5 Å². The first kappa shape index (κ1) is 22.6. The highest BCUT2D eigenvalue weighted by Gasteiger charge is 2.44. The van der Waals surface area contributed by atoms with Crippen LogP contribution < -0.4 is 0 Å². The molecule has 1 nitrogen and oxygen atoms in total. The van der Waals surface area contributed by atoms with Crippen molar-refractivity contribution >= 4 is 13.9 Å². The van der Waals surface area contributed by atoms with E-state index in [1.807, 2.05) is 12.1 Å². The number of benzene rings is 2. The Morgan fingerprint density at radius 1 is 0.900 bits per heavy atom. The van der Waals surface area contributed by atoms with E-state index in [1.54, 1.807) is 0 Å². The van der Waals surface area contributed by atoms with Gasteiger partial charge in [0.15, 0.2) is 5.78 Å². The second-order valence-corrected chi connectivity index (χ2v) is 13.9. The van der Waals surface area contributed by atoms with E-state index in [4.69, 9.17) is 0 Å². The number of rotatable bonds is 7. The van der Waals surface area contributed by atoms with E-state index in [0.717, 1.165) is 32.1 Å². The topological polar surface area (TPSA) is 17.1 Å². The lowest BCUT2D eigenvalue weighted by atomic mass is 9.65. The Balaban J connectivity index is 1.97. The van der Waals surface area contributed by atoms with Gasteiger partial charge in [0.2, 0.25) is 0 Å². The smallest absolute Gasteiger partial charge is 0.154 e. The van der Waals surface area contributed by atoms with Crippen LogP contribution >= 0.6 is 0 Å². The summed E-state index contributed by atoms with van der Waals surface area (Å²) in [6.07, 6.45) is 4.58. The lowest BCUT2D eigenvalue weighted by Crippen LogP contribution is -2.42. The average Bonchev–Trinajstić information content (AvgIpc) is 2.80. The van der Waals surface area contributed by atoms with E-state index >= 15 is 0 Å². The molecule has 1 aliphatic carbocycles. The van der Waals surface area contributed by atoms with Crippen molar-refractivity contribution in [1.82, 2.24) is 0 Å². The van der Waals surface area contributed by atoms with Crippen LogP contribution in [0.5, 0.6) is 0 Å². The molecule has 2 aromatic rings. The van der Waals surface area contributed by atoms with Gasteiger partial charge in [-0.2, -0.15) is 0 Å². The highest BCUT2D eigenvalue weighted by molar-refractivity contribution is 6.87. The Morgan fingerprint density at radius 3 is 2.03 bits per heavy atom. The zero-order valence-corrected chi connectivity index (χ0v) is 19.9. The monoisotopic (exact) mass is 416 g/mol. The highest BCUT2D eigenvalue weighted by atomic mass is 28.3. The molecule has 2 heteroatoms. The lowest BCUT2D eigenvalue weighted by molar-refractivity contribution is -0.132. The number of hydrogen-bond acceptors (Lipinski definition) is 1. The third kappa shape index (κ3) is 5.13. The molecule has 158 valence electrons. The van der Waals surface area contributed by atoms with Crippen molar-refractivity contribution < 1.29 is 4.79 Å². The maximum absolute atomic E-state index is 14.0. The molecule has 0 heterocycles. The molecule has 2 atom stereocenters. The van der Waals surface area contributed by atoms with E-state index in [-0.39, 0.29) is 5.92 Å². The molecule has 0 spiro atoms.